The zero-order valence-electron chi connectivity index (χ0n) is 19.7. The fraction of sp³-hybridized carbons (Fsp3) is 0.308. The minimum atomic E-state index is -0.664. The molecule has 1 aromatic heterocycles. The number of amides is 2. The zero-order chi connectivity index (χ0) is 25.6. The monoisotopic (exact) mass is 529 g/mol. The van der Waals surface area contributed by atoms with E-state index >= 15 is 0 Å². The predicted octanol–water partition coefficient (Wildman–Crippen LogP) is 5.75. The number of aromatic nitrogens is 1. The minimum Gasteiger partial charge on any atom is -0.482 e. The van der Waals surface area contributed by atoms with Gasteiger partial charge in [-0.25, -0.2) is 14.2 Å². The molecular weight excluding hydrogens is 504 g/mol. The van der Waals surface area contributed by atoms with E-state index in [0.29, 0.717) is 29.4 Å². The quantitative estimate of drug-likeness (QED) is 0.372. The van der Waals surface area contributed by atoms with Gasteiger partial charge < -0.3 is 26.4 Å². The Balaban J connectivity index is 1.43. The van der Waals surface area contributed by atoms with Crippen LogP contribution in [0.1, 0.15) is 37.0 Å². The number of pyridine rings is 1. The molecule has 0 radical (unpaired) electrons. The Morgan fingerprint density at radius 2 is 1.94 bits per heavy atom. The number of carbonyl (C=O) groups is 1. The molecule has 1 fully saturated rings. The van der Waals surface area contributed by atoms with Crippen LogP contribution in [0.2, 0.25) is 10.0 Å². The number of hydrogen-bond acceptors (Lipinski definition) is 5. The molecule has 3 aromatic rings. The van der Waals surface area contributed by atoms with Gasteiger partial charge >= 0.3 is 6.03 Å². The number of fused-ring (bicyclic) bond motifs is 2. The summed E-state index contributed by atoms with van der Waals surface area (Å²) in [7, 11) is 0. The number of nitrogen functional groups attached to an aromatic ring is 1. The van der Waals surface area contributed by atoms with Crippen LogP contribution in [-0.2, 0) is 5.41 Å². The number of nitrogens with one attached hydrogen (secondary N) is 1. The lowest BCUT2D eigenvalue weighted by atomic mass is 9.74. The molecule has 1 spiro atoms. The number of likely N-dealkylation sites (tertiary alicyclic amines) is 1. The topological polar surface area (TPSA) is 106 Å². The second-order valence-corrected chi connectivity index (χ2v) is 10.1. The summed E-state index contributed by atoms with van der Waals surface area (Å²) < 4.78 is 20.1. The molecule has 2 aromatic carbocycles. The number of benzene rings is 2. The molecule has 3 heterocycles. The predicted molar refractivity (Wildman–Crippen MR) is 140 cm³/mol. The highest BCUT2D eigenvalue weighted by atomic mass is 35.5. The molecule has 2 aliphatic heterocycles. The minimum absolute atomic E-state index is 0.0583. The van der Waals surface area contributed by atoms with Crippen molar-refractivity contribution in [3.8, 4) is 16.9 Å². The van der Waals surface area contributed by atoms with Crippen molar-refractivity contribution in [1.82, 2.24) is 9.88 Å². The maximum Gasteiger partial charge on any atom is 0.314 e. The van der Waals surface area contributed by atoms with Crippen LogP contribution in [-0.4, -0.2) is 35.5 Å². The van der Waals surface area contributed by atoms with Gasteiger partial charge in [0.15, 0.2) is 11.6 Å². The van der Waals surface area contributed by atoms with Gasteiger partial charge in [-0.15, -0.1) is 0 Å². The highest BCUT2D eigenvalue weighted by Crippen LogP contribution is 2.46. The van der Waals surface area contributed by atoms with Crippen molar-refractivity contribution < 1.29 is 13.9 Å². The number of carbonyl (C=O) groups excluding carboxylic acids is 1. The van der Waals surface area contributed by atoms with Crippen LogP contribution in [0.4, 0.5) is 20.7 Å². The average Bonchev–Trinajstić information content (AvgIpc) is 3.20. The molecule has 5 N–H and O–H groups in total. The number of ether oxygens (including phenoxy) is 1. The van der Waals surface area contributed by atoms with Crippen molar-refractivity contribution in [2.45, 2.75) is 31.3 Å². The molecule has 0 saturated carbocycles. The van der Waals surface area contributed by atoms with E-state index in [9.17, 15) is 9.18 Å². The van der Waals surface area contributed by atoms with E-state index < -0.39 is 11.9 Å². The zero-order valence-corrected chi connectivity index (χ0v) is 21.2. The van der Waals surface area contributed by atoms with E-state index in [2.05, 4.69) is 22.4 Å². The van der Waals surface area contributed by atoms with Gasteiger partial charge in [0.1, 0.15) is 11.9 Å². The Kier molecular flexibility index (Phi) is 6.34. The van der Waals surface area contributed by atoms with Crippen molar-refractivity contribution in [2.24, 2.45) is 5.73 Å². The van der Waals surface area contributed by atoms with Crippen LogP contribution in [0.3, 0.4) is 0 Å². The van der Waals surface area contributed by atoms with Gasteiger partial charge in [0, 0.05) is 53.1 Å². The second kappa shape index (κ2) is 9.33. The normalized spacial score (nSPS) is 16.9. The number of rotatable bonds is 4. The third-order valence-electron chi connectivity index (χ3n) is 7.25. The molecule has 0 unspecified atom stereocenters. The van der Waals surface area contributed by atoms with Crippen molar-refractivity contribution in [3.05, 3.63) is 69.6 Å². The van der Waals surface area contributed by atoms with Gasteiger partial charge in [-0.3, -0.25) is 0 Å². The third-order valence-corrected chi connectivity index (χ3v) is 7.96. The first kappa shape index (κ1) is 24.5. The number of piperidine rings is 1. The number of halogens is 3. The highest BCUT2D eigenvalue weighted by molar-refractivity contribution is 6.36. The van der Waals surface area contributed by atoms with Crippen molar-refractivity contribution in [3.63, 3.8) is 0 Å². The van der Waals surface area contributed by atoms with E-state index in [0.717, 1.165) is 36.2 Å². The van der Waals surface area contributed by atoms with Crippen molar-refractivity contribution >= 4 is 40.7 Å². The Morgan fingerprint density at radius 3 is 2.67 bits per heavy atom. The van der Waals surface area contributed by atoms with Gasteiger partial charge in [0.2, 0.25) is 0 Å². The number of nitrogens with zero attached hydrogens (tertiary/aromatic N) is 2. The summed E-state index contributed by atoms with van der Waals surface area (Å²) in [5, 5.41) is 3.73. The first-order valence-corrected chi connectivity index (χ1v) is 12.4. The molecule has 36 heavy (non-hydrogen) atoms. The molecule has 10 heteroatoms. The Bertz CT molecular complexity index is 1340. The largest absolute Gasteiger partial charge is 0.482 e. The first-order chi connectivity index (χ1) is 17.2. The number of nitrogens with two attached hydrogens (primary N) is 2. The summed E-state index contributed by atoms with van der Waals surface area (Å²) >= 11 is 12.4. The number of primary amides is 1. The van der Waals surface area contributed by atoms with Crippen LogP contribution in [0.5, 0.6) is 5.75 Å². The van der Waals surface area contributed by atoms with E-state index in [1.165, 1.54) is 17.7 Å². The highest BCUT2D eigenvalue weighted by Gasteiger charge is 2.42. The fourth-order valence-electron chi connectivity index (χ4n) is 5.15. The van der Waals surface area contributed by atoms with Crippen molar-refractivity contribution in [1.29, 1.82) is 0 Å². The number of urea groups is 1. The summed E-state index contributed by atoms with van der Waals surface area (Å²) in [4.78, 5) is 17.6. The first-order valence-electron chi connectivity index (χ1n) is 11.7. The molecule has 2 amide bonds. The molecule has 1 atom stereocenters. The summed E-state index contributed by atoms with van der Waals surface area (Å²) in [6.07, 6.45) is 2.70. The van der Waals surface area contributed by atoms with Crippen LogP contribution < -0.4 is 21.5 Å². The third kappa shape index (κ3) is 4.29. The lowest BCUT2D eigenvalue weighted by Gasteiger charge is -2.38. The van der Waals surface area contributed by atoms with Crippen LogP contribution in [0.25, 0.3) is 11.1 Å². The van der Waals surface area contributed by atoms with Crippen LogP contribution >= 0.6 is 23.2 Å². The van der Waals surface area contributed by atoms with E-state index in [1.807, 2.05) is 12.1 Å². The number of hydrogen-bond donors (Lipinski definition) is 3. The van der Waals surface area contributed by atoms with Crippen molar-refractivity contribution in [2.75, 3.05) is 30.7 Å². The SMILES string of the molecule is C[C@@H](Oc1cc(-c2ccc3c(c2)C2(CCN(C(N)=O)CC2)CN3)cnc1N)c1c(Cl)ccc(F)c1Cl. The maximum atomic E-state index is 14.0. The van der Waals surface area contributed by atoms with Gasteiger partial charge in [-0.1, -0.05) is 29.3 Å². The Morgan fingerprint density at radius 1 is 1.19 bits per heavy atom. The average molecular weight is 530 g/mol. The van der Waals surface area contributed by atoms with Crippen LogP contribution in [0, 0.1) is 5.82 Å². The van der Waals surface area contributed by atoms with E-state index in [-0.39, 0.29) is 22.3 Å². The van der Waals surface area contributed by atoms with Gasteiger partial charge in [0.25, 0.3) is 0 Å². The van der Waals surface area contributed by atoms with E-state index in [1.54, 1.807) is 18.0 Å². The summed E-state index contributed by atoms with van der Waals surface area (Å²) in [5.74, 6) is -0.0272. The van der Waals surface area contributed by atoms with Crippen LogP contribution in [0.15, 0.2) is 42.6 Å². The molecule has 188 valence electrons. The second-order valence-electron chi connectivity index (χ2n) is 9.34. The van der Waals surface area contributed by atoms with E-state index in [4.69, 9.17) is 39.4 Å². The molecule has 5 rings (SSSR count). The molecule has 0 bridgehead atoms. The summed E-state index contributed by atoms with van der Waals surface area (Å²) in [5.41, 5.74) is 16.0. The Labute approximate surface area is 218 Å². The fourth-order valence-corrected chi connectivity index (χ4v) is 5.83. The summed E-state index contributed by atoms with van der Waals surface area (Å²) in [6, 6.07) is 10.3. The smallest absolute Gasteiger partial charge is 0.314 e. The molecule has 2 aliphatic rings. The molecular formula is C26H26Cl2FN5O2. The molecule has 7 nitrogen and oxygen atoms in total. The van der Waals surface area contributed by atoms with Gasteiger partial charge in [0.05, 0.1) is 5.02 Å². The number of anilines is 2. The maximum absolute atomic E-state index is 14.0. The molecule has 1 saturated heterocycles. The van der Waals surface area contributed by atoms with Gasteiger partial charge in [-0.05, 0) is 61.2 Å². The summed E-state index contributed by atoms with van der Waals surface area (Å²) in [6.45, 7) is 3.80. The lowest BCUT2D eigenvalue weighted by Crippen LogP contribution is -2.47. The molecule has 0 aliphatic carbocycles. The Hall–Kier alpha value is -3.23. The lowest BCUT2D eigenvalue weighted by molar-refractivity contribution is 0.171. The van der Waals surface area contributed by atoms with Gasteiger partial charge in [-0.2, -0.15) is 0 Å². The standard InChI is InChI=1S/C26H26Cl2FN5O2/c1-14(22-18(27)3-4-19(29)23(22)28)36-21-11-16(12-32-24(21)30)15-2-5-20-17(10-15)26(13-33-20)6-8-34(9-7-26)25(31)35/h2-5,10-12,14,33H,6-9,13H2,1H3,(H2,30,32)(H2,31,35)/t14-/m1/s1.